The molecule has 1 saturated carbocycles. The standard InChI is InChI=1S/C13H21NO3S/c1-12(2)7-14(5-6-18-12)10(15)8-9(11(16)17)13(8,3)4/h8-9H,5-7H2,1-4H3,(H,16,17). The first kappa shape index (κ1) is 13.7. The SMILES string of the molecule is CC1(C)CN(C(=O)C2C(C(=O)O)C2(C)C)CCS1. The Morgan fingerprint density at radius 2 is 1.83 bits per heavy atom. The molecule has 102 valence electrons. The van der Waals surface area contributed by atoms with Crippen LogP contribution in [0.1, 0.15) is 27.7 Å². The van der Waals surface area contributed by atoms with Gasteiger partial charge in [-0.25, -0.2) is 0 Å². The highest BCUT2D eigenvalue weighted by Gasteiger charge is 2.66. The largest absolute Gasteiger partial charge is 0.481 e. The summed E-state index contributed by atoms with van der Waals surface area (Å²) in [5.41, 5.74) is -0.391. The monoisotopic (exact) mass is 271 g/mol. The lowest BCUT2D eigenvalue weighted by Gasteiger charge is -2.37. The summed E-state index contributed by atoms with van der Waals surface area (Å²) >= 11 is 1.87. The van der Waals surface area contributed by atoms with Gasteiger partial charge in [-0.3, -0.25) is 9.59 Å². The van der Waals surface area contributed by atoms with Crippen molar-refractivity contribution in [2.45, 2.75) is 32.4 Å². The maximum Gasteiger partial charge on any atom is 0.307 e. The number of carbonyl (C=O) groups excluding carboxylic acids is 1. The lowest BCUT2D eigenvalue weighted by Crippen LogP contribution is -2.47. The Morgan fingerprint density at radius 3 is 2.28 bits per heavy atom. The highest BCUT2D eigenvalue weighted by Crippen LogP contribution is 2.59. The van der Waals surface area contributed by atoms with Crippen LogP contribution in [0.25, 0.3) is 0 Å². The molecule has 1 amide bonds. The van der Waals surface area contributed by atoms with E-state index >= 15 is 0 Å². The highest BCUT2D eigenvalue weighted by atomic mass is 32.2. The molecule has 5 heteroatoms. The van der Waals surface area contributed by atoms with Gasteiger partial charge in [0.15, 0.2) is 0 Å². The number of carboxylic acids is 1. The molecular weight excluding hydrogens is 250 g/mol. The minimum absolute atomic E-state index is 0.0285. The average Bonchev–Trinajstić information content (AvgIpc) is 2.79. The van der Waals surface area contributed by atoms with Crippen molar-refractivity contribution < 1.29 is 14.7 Å². The van der Waals surface area contributed by atoms with Crippen molar-refractivity contribution >= 4 is 23.6 Å². The molecule has 2 atom stereocenters. The number of hydrogen-bond acceptors (Lipinski definition) is 3. The van der Waals surface area contributed by atoms with Crippen LogP contribution in [0.15, 0.2) is 0 Å². The van der Waals surface area contributed by atoms with E-state index in [9.17, 15) is 9.59 Å². The lowest BCUT2D eigenvalue weighted by molar-refractivity contribution is -0.142. The van der Waals surface area contributed by atoms with Gasteiger partial charge < -0.3 is 10.0 Å². The van der Waals surface area contributed by atoms with E-state index in [-0.39, 0.29) is 16.6 Å². The highest BCUT2D eigenvalue weighted by molar-refractivity contribution is 8.00. The molecule has 0 aromatic heterocycles. The Hall–Kier alpha value is -0.710. The van der Waals surface area contributed by atoms with Crippen LogP contribution in [-0.2, 0) is 9.59 Å². The van der Waals surface area contributed by atoms with Gasteiger partial charge in [0.1, 0.15) is 0 Å². The Morgan fingerprint density at radius 1 is 1.22 bits per heavy atom. The molecule has 1 heterocycles. The summed E-state index contributed by atoms with van der Waals surface area (Å²) in [6.45, 7) is 9.46. The van der Waals surface area contributed by atoms with Gasteiger partial charge in [-0.15, -0.1) is 0 Å². The Balaban J connectivity index is 2.07. The molecule has 1 saturated heterocycles. The number of hydrogen-bond donors (Lipinski definition) is 1. The summed E-state index contributed by atoms with van der Waals surface area (Å²) in [6, 6.07) is 0. The van der Waals surface area contributed by atoms with Crippen molar-refractivity contribution in [2.75, 3.05) is 18.8 Å². The van der Waals surface area contributed by atoms with Crippen LogP contribution in [0, 0.1) is 17.3 Å². The fourth-order valence-electron chi connectivity index (χ4n) is 2.96. The van der Waals surface area contributed by atoms with Gasteiger partial charge in [0.05, 0.1) is 11.8 Å². The number of thioether (sulfide) groups is 1. The Kier molecular flexibility index (Phi) is 3.16. The second kappa shape index (κ2) is 4.15. The first-order valence-corrected chi connectivity index (χ1v) is 7.31. The van der Waals surface area contributed by atoms with Crippen molar-refractivity contribution in [1.82, 2.24) is 4.90 Å². The van der Waals surface area contributed by atoms with Crippen molar-refractivity contribution in [3.05, 3.63) is 0 Å². The van der Waals surface area contributed by atoms with Crippen molar-refractivity contribution in [3.63, 3.8) is 0 Å². The van der Waals surface area contributed by atoms with Crippen LogP contribution >= 0.6 is 11.8 Å². The fraction of sp³-hybridized carbons (Fsp3) is 0.846. The van der Waals surface area contributed by atoms with Crippen molar-refractivity contribution in [1.29, 1.82) is 0 Å². The van der Waals surface area contributed by atoms with E-state index in [0.717, 1.165) is 18.8 Å². The zero-order chi connectivity index (χ0) is 13.7. The summed E-state index contributed by atoms with van der Waals surface area (Å²) < 4.78 is 0.0751. The molecule has 2 aliphatic rings. The molecule has 0 aromatic rings. The number of carboxylic acid groups (broad SMARTS) is 1. The third-order valence-electron chi connectivity index (χ3n) is 4.10. The molecule has 0 spiro atoms. The van der Waals surface area contributed by atoms with Gasteiger partial charge in [-0.2, -0.15) is 11.8 Å². The molecule has 4 nitrogen and oxygen atoms in total. The number of amides is 1. The molecule has 0 radical (unpaired) electrons. The third kappa shape index (κ3) is 2.25. The first-order chi connectivity index (χ1) is 8.17. The predicted molar refractivity (Wildman–Crippen MR) is 71.5 cm³/mol. The van der Waals surface area contributed by atoms with E-state index in [1.165, 1.54) is 0 Å². The van der Waals surface area contributed by atoms with Crippen LogP contribution in [-0.4, -0.2) is 45.5 Å². The molecule has 2 fully saturated rings. The molecule has 1 N–H and O–H groups in total. The zero-order valence-electron chi connectivity index (χ0n) is 11.4. The van der Waals surface area contributed by atoms with Crippen LogP contribution in [0.5, 0.6) is 0 Å². The second-order valence-corrected chi connectivity index (χ2v) is 8.28. The van der Waals surface area contributed by atoms with Gasteiger partial charge in [-0.05, 0) is 19.3 Å². The number of carbonyl (C=O) groups is 2. The van der Waals surface area contributed by atoms with Gasteiger partial charge in [0.2, 0.25) is 5.91 Å². The van der Waals surface area contributed by atoms with Crippen molar-refractivity contribution in [2.24, 2.45) is 17.3 Å². The van der Waals surface area contributed by atoms with Gasteiger partial charge in [-0.1, -0.05) is 13.8 Å². The minimum Gasteiger partial charge on any atom is -0.481 e. The van der Waals surface area contributed by atoms with E-state index in [0.29, 0.717) is 0 Å². The van der Waals surface area contributed by atoms with E-state index in [1.54, 1.807) is 0 Å². The van der Waals surface area contributed by atoms with E-state index in [1.807, 2.05) is 30.5 Å². The maximum atomic E-state index is 12.4. The summed E-state index contributed by atoms with van der Waals surface area (Å²) in [5, 5.41) is 9.13. The van der Waals surface area contributed by atoms with Crippen molar-refractivity contribution in [3.8, 4) is 0 Å². The molecule has 1 aliphatic carbocycles. The van der Waals surface area contributed by atoms with Crippen LogP contribution in [0.3, 0.4) is 0 Å². The molecule has 18 heavy (non-hydrogen) atoms. The first-order valence-electron chi connectivity index (χ1n) is 6.32. The topological polar surface area (TPSA) is 57.6 Å². The predicted octanol–water partition coefficient (Wildman–Crippen LogP) is 1.70. The van der Waals surface area contributed by atoms with Gasteiger partial charge >= 0.3 is 5.97 Å². The molecule has 2 unspecified atom stereocenters. The Labute approximate surface area is 112 Å². The van der Waals surface area contributed by atoms with Gasteiger partial charge in [0, 0.05) is 23.6 Å². The van der Waals surface area contributed by atoms with Crippen LogP contribution in [0.2, 0.25) is 0 Å². The normalized spacial score (nSPS) is 33.0. The van der Waals surface area contributed by atoms with Gasteiger partial charge in [0.25, 0.3) is 0 Å². The molecule has 1 aliphatic heterocycles. The minimum atomic E-state index is -0.844. The van der Waals surface area contributed by atoms with E-state index < -0.39 is 17.3 Å². The molecule has 2 rings (SSSR count). The molecular formula is C13H21NO3S. The summed E-state index contributed by atoms with van der Waals surface area (Å²) in [6.07, 6.45) is 0. The summed E-state index contributed by atoms with van der Waals surface area (Å²) in [5.74, 6) is -0.731. The second-order valence-electron chi connectivity index (χ2n) is 6.48. The van der Waals surface area contributed by atoms with Crippen LogP contribution < -0.4 is 0 Å². The summed E-state index contributed by atoms with van der Waals surface area (Å²) in [7, 11) is 0. The molecule has 0 bridgehead atoms. The summed E-state index contributed by atoms with van der Waals surface area (Å²) in [4.78, 5) is 25.4. The maximum absolute atomic E-state index is 12.4. The molecule has 0 aromatic carbocycles. The third-order valence-corrected chi connectivity index (χ3v) is 5.39. The number of nitrogens with zero attached hydrogens (tertiary/aromatic N) is 1. The fourth-order valence-corrected chi connectivity index (χ4v) is 4.07. The zero-order valence-corrected chi connectivity index (χ0v) is 12.2. The van der Waals surface area contributed by atoms with Crippen LogP contribution in [0.4, 0.5) is 0 Å². The quantitative estimate of drug-likeness (QED) is 0.830. The van der Waals surface area contributed by atoms with E-state index in [2.05, 4.69) is 13.8 Å². The number of aliphatic carboxylic acids is 1. The smallest absolute Gasteiger partial charge is 0.307 e. The Bertz CT molecular complexity index is 392. The van der Waals surface area contributed by atoms with E-state index in [4.69, 9.17) is 5.11 Å². The average molecular weight is 271 g/mol. The number of rotatable bonds is 2. The lowest BCUT2D eigenvalue weighted by atomic mass is 10.1.